The predicted octanol–water partition coefficient (Wildman–Crippen LogP) is 3.64. The molecule has 0 aliphatic rings. The van der Waals surface area contributed by atoms with Crippen molar-refractivity contribution in [3.63, 3.8) is 0 Å². The van der Waals surface area contributed by atoms with Crippen molar-refractivity contribution in [3.05, 3.63) is 51.5 Å². The standard InChI is InChI=1S/C13H10BrClN2O2/c14-10-5-7(15)1-4-12(10)17-13(19)9-6-8(18)2-3-11(9)16/h1-6,18H,16H2,(H,17,19). The van der Waals surface area contributed by atoms with Crippen molar-refractivity contribution in [1.82, 2.24) is 0 Å². The quantitative estimate of drug-likeness (QED) is 0.576. The van der Waals surface area contributed by atoms with Gasteiger partial charge < -0.3 is 16.2 Å². The molecule has 4 N–H and O–H groups in total. The van der Waals surface area contributed by atoms with E-state index in [2.05, 4.69) is 21.2 Å². The summed E-state index contributed by atoms with van der Waals surface area (Å²) in [6.45, 7) is 0. The van der Waals surface area contributed by atoms with E-state index in [4.69, 9.17) is 17.3 Å². The Hall–Kier alpha value is -1.72. The molecule has 0 spiro atoms. The highest BCUT2D eigenvalue weighted by atomic mass is 79.9. The molecule has 0 unspecified atom stereocenters. The molecule has 19 heavy (non-hydrogen) atoms. The first-order valence-corrected chi connectivity index (χ1v) is 6.49. The van der Waals surface area contributed by atoms with E-state index in [1.807, 2.05) is 0 Å². The van der Waals surface area contributed by atoms with Crippen molar-refractivity contribution >= 4 is 44.8 Å². The summed E-state index contributed by atoms with van der Waals surface area (Å²) in [7, 11) is 0. The lowest BCUT2D eigenvalue weighted by atomic mass is 10.1. The number of nitrogen functional groups attached to an aromatic ring is 1. The summed E-state index contributed by atoms with van der Waals surface area (Å²) in [4.78, 5) is 12.1. The van der Waals surface area contributed by atoms with Gasteiger partial charge in [-0.05, 0) is 52.3 Å². The van der Waals surface area contributed by atoms with Gasteiger partial charge in [0.1, 0.15) is 5.75 Å². The van der Waals surface area contributed by atoms with Crippen LogP contribution >= 0.6 is 27.5 Å². The fraction of sp³-hybridized carbons (Fsp3) is 0. The van der Waals surface area contributed by atoms with E-state index in [-0.39, 0.29) is 11.3 Å². The van der Waals surface area contributed by atoms with Gasteiger partial charge in [-0.25, -0.2) is 0 Å². The van der Waals surface area contributed by atoms with E-state index in [9.17, 15) is 9.90 Å². The number of nitrogens with one attached hydrogen (secondary N) is 1. The number of amides is 1. The Morgan fingerprint density at radius 1 is 1.26 bits per heavy atom. The first-order chi connectivity index (χ1) is 8.97. The molecule has 0 saturated heterocycles. The summed E-state index contributed by atoms with van der Waals surface area (Å²) < 4.78 is 0.659. The molecule has 1 amide bonds. The van der Waals surface area contributed by atoms with Crippen molar-refractivity contribution in [1.29, 1.82) is 0 Å². The lowest BCUT2D eigenvalue weighted by Gasteiger charge is -2.09. The predicted molar refractivity (Wildman–Crippen MR) is 79.6 cm³/mol. The van der Waals surface area contributed by atoms with Crippen molar-refractivity contribution in [2.75, 3.05) is 11.1 Å². The topological polar surface area (TPSA) is 75.3 Å². The smallest absolute Gasteiger partial charge is 0.257 e. The van der Waals surface area contributed by atoms with Crippen LogP contribution in [0.5, 0.6) is 5.75 Å². The number of hydrogen-bond acceptors (Lipinski definition) is 3. The van der Waals surface area contributed by atoms with Crippen LogP contribution in [0.25, 0.3) is 0 Å². The fourth-order valence-corrected chi connectivity index (χ4v) is 2.30. The van der Waals surface area contributed by atoms with Gasteiger partial charge in [0.2, 0.25) is 0 Å². The third-order valence-corrected chi connectivity index (χ3v) is 3.35. The minimum absolute atomic E-state index is 0.0190. The Morgan fingerprint density at radius 2 is 2.00 bits per heavy atom. The van der Waals surface area contributed by atoms with Gasteiger partial charge >= 0.3 is 0 Å². The van der Waals surface area contributed by atoms with Gasteiger partial charge in [0.15, 0.2) is 0 Å². The summed E-state index contributed by atoms with van der Waals surface area (Å²) in [5.41, 5.74) is 6.77. The number of rotatable bonds is 2. The molecule has 0 saturated carbocycles. The zero-order chi connectivity index (χ0) is 14.0. The van der Waals surface area contributed by atoms with E-state index in [1.165, 1.54) is 18.2 Å². The lowest BCUT2D eigenvalue weighted by Crippen LogP contribution is -2.14. The summed E-state index contributed by atoms with van der Waals surface area (Å²) in [5.74, 6) is -0.425. The van der Waals surface area contributed by atoms with Crippen LogP contribution in [0, 0.1) is 0 Å². The number of halogens is 2. The molecule has 98 valence electrons. The first kappa shape index (κ1) is 13.7. The molecule has 0 aliphatic carbocycles. The molecular formula is C13H10BrClN2O2. The highest BCUT2D eigenvalue weighted by Gasteiger charge is 2.12. The maximum absolute atomic E-state index is 12.1. The summed E-state index contributed by atoms with van der Waals surface area (Å²) in [6, 6.07) is 9.21. The number of hydrogen-bond donors (Lipinski definition) is 3. The normalized spacial score (nSPS) is 10.2. The van der Waals surface area contributed by atoms with Crippen LogP contribution in [0.3, 0.4) is 0 Å². The van der Waals surface area contributed by atoms with E-state index >= 15 is 0 Å². The van der Waals surface area contributed by atoms with Crippen LogP contribution in [0.4, 0.5) is 11.4 Å². The van der Waals surface area contributed by atoms with Gasteiger partial charge in [0.25, 0.3) is 5.91 Å². The van der Waals surface area contributed by atoms with Gasteiger partial charge in [-0.2, -0.15) is 0 Å². The number of aromatic hydroxyl groups is 1. The SMILES string of the molecule is Nc1ccc(O)cc1C(=O)Nc1ccc(Cl)cc1Br. The monoisotopic (exact) mass is 340 g/mol. The second-order valence-electron chi connectivity index (χ2n) is 3.85. The second kappa shape index (κ2) is 5.50. The molecule has 2 aromatic carbocycles. The maximum atomic E-state index is 12.1. The van der Waals surface area contributed by atoms with Gasteiger partial charge in [0, 0.05) is 15.2 Å². The third-order valence-electron chi connectivity index (χ3n) is 2.46. The Kier molecular flexibility index (Phi) is 3.97. The van der Waals surface area contributed by atoms with Crippen molar-refractivity contribution in [2.45, 2.75) is 0 Å². The molecule has 0 atom stereocenters. The molecule has 0 fully saturated rings. The highest BCUT2D eigenvalue weighted by molar-refractivity contribution is 9.10. The Labute approximate surface area is 123 Å². The fourth-order valence-electron chi connectivity index (χ4n) is 1.52. The van der Waals surface area contributed by atoms with Crippen molar-refractivity contribution in [2.24, 2.45) is 0 Å². The zero-order valence-corrected chi connectivity index (χ0v) is 12.0. The lowest BCUT2D eigenvalue weighted by molar-refractivity contribution is 0.102. The molecule has 0 heterocycles. The first-order valence-electron chi connectivity index (χ1n) is 5.32. The molecule has 4 nitrogen and oxygen atoms in total. The average Bonchev–Trinajstić information content (AvgIpc) is 2.35. The Balaban J connectivity index is 2.28. The number of carbonyl (C=O) groups excluding carboxylic acids is 1. The van der Waals surface area contributed by atoms with Crippen LogP contribution in [0.15, 0.2) is 40.9 Å². The van der Waals surface area contributed by atoms with E-state index < -0.39 is 5.91 Å². The summed E-state index contributed by atoms with van der Waals surface area (Å²) in [6.07, 6.45) is 0. The highest BCUT2D eigenvalue weighted by Crippen LogP contribution is 2.27. The van der Waals surface area contributed by atoms with Crippen molar-refractivity contribution < 1.29 is 9.90 Å². The summed E-state index contributed by atoms with van der Waals surface area (Å²) in [5, 5.41) is 12.6. The number of phenols is 1. The van der Waals surface area contributed by atoms with Crippen LogP contribution in [0.2, 0.25) is 5.02 Å². The van der Waals surface area contributed by atoms with Crippen LogP contribution in [-0.2, 0) is 0 Å². The van der Waals surface area contributed by atoms with E-state index in [0.29, 0.717) is 20.9 Å². The molecule has 0 aromatic heterocycles. The minimum Gasteiger partial charge on any atom is -0.508 e. The van der Waals surface area contributed by atoms with Crippen LogP contribution in [-0.4, -0.2) is 11.0 Å². The Morgan fingerprint density at radius 3 is 2.68 bits per heavy atom. The molecule has 0 radical (unpaired) electrons. The molecule has 0 bridgehead atoms. The van der Waals surface area contributed by atoms with Crippen LogP contribution < -0.4 is 11.1 Å². The second-order valence-corrected chi connectivity index (χ2v) is 5.14. The molecule has 0 aliphatic heterocycles. The zero-order valence-electron chi connectivity index (χ0n) is 9.65. The minimum atomic E-state index is -0.406. The maximum Gasteiger partial charge on any atom is 0.257 e. The van der Waals surface area contributed by atoms with Gasteiger partial charge in [-0.1, -0.05) is 11.6 Å². The van der Waals surface area contributed by atoms with Crippen LogP contribution in [0.1, 0.15) is 10.4 Å². The van der Waals surface area contributed by atoms with E-state index in [1.54, 1.807) is 18.2 Å². The summed E-state index contributed by atoms with van der Waals surface area (Å²) >= 11 is 9.12. The average molecular weight is 342 g/mol. The number of nitrogens with two attached hydrogens (primary N) is 1. The largest absolute Gasteiger partial charge is 0.508 e. The van der Waals surface area contributed by atoms with Gasteiger partial charge in [-0.3, -0.25) is 4.79 Å². The number of benzene rings is 2. The Bertz CT molecular complexity index is 647. The third kappa shape index (κ3) is 3.19. The van der Waals surface area contributed by atoms with Gasteiger partial charge in [0.05, 0.1) is 11.3 Å². The number of anilines is 2. The number of phenolic OH excluding ortho intramolecular Hbond substituents is 1. The molecular weight excluding hydrogens is 332 g/mol. The van der Waals surface area contributed by atoms with Gasteiger partial charge in [-0.15, -0.1) is 0 Å². The number of carbonyl (C=O) groups is 1. The molecule has 6 heteroatoms. The molecule has 2 rings (SSSR count). The molecule has 2 aromatic rings. The van der Waals surface area contributed by atoms with E-state index in [0.717, 1.165) is 0 Å². The van der Waals surface area contributed by atoms with Crippen molar-refractivity contribution in [3.8, 4) is 5.75 Å².